The third-order valence-corrected chi connectivity index (χ3v) is 5.81. The first-order valence-electron chi connectivity index (χ1n) is 11.3. The molecule has 3 aromatic carbocycles. The number of rotatable bonds is 9. The van der Waals surface area contributed by atoms with Gasteiger partial charge in [-0.3, -0.25) is 10.2 Å². The number of carbonyl (C=O) groups is 1. The van der Waals surface area contributed by atoms with E-state index in [2.05, 4.69) is 47.2 Å². The SMILES string of the molecule is COC(=O)CCc1ccc(-c2nc(-c3ccc(C(=N)N)cc3)cn2CCc2ccccc2)cc1. The zero-order valence-corrected chi connectivity index (χ0v) is 19.2. The fraction of sp³-hybridized carbons (Fsp3) is 0.179. The molecule has 6 nitrogen and oxygen atoms in total. The Hall–Kier alpha value is -4.19. The summed E-state index contributed by atoms with van der Waals surface area (Å²) in [5.41, 5.74) is 11.5. The lowest BCUT2D eigenvalue weighted by molar-refractivity contribution is -0.140. The number of amidine groups is 1. The summed E-state index contributed by atoms with van der Waals surface area (Å²) in [6, 6.07) is 26.2. The first-order valence-corrected chi connectivity index (χ1v) is 11.3. The third kappa shape index (κ3) is 5.59. The summed E-state index contributed by atoms with van der Waals surface area (Å²) in [5.74, 6) is 0.731. The van der Waals surface area contributed by atoms with Gasteiger partial charge in [0, 0.05) is 35.9 Å². The van der Waals surface area contributed by atoms with Gasteiger partial charge in [-0.15, -0.1) is 0 Å². The number of benzene rings is 3. The van der Waals surface area contributed by atoms with Crippen LogP contribution in [0.25, 0.3) is 22.6 Å². The van der Waals surface area contributed by atoms with Gasteiger partial charge in [-0.1, -0.05) is 78.9 Å². The number of ether oxygens (including phenoxy) is 1. The van der Waals surface area contributed by atoms with Crippen LogP contribution in [0.4, 0.5) is 0 Å². The number of nitrogens with zero attached hydrogens (tertiary/aromatic N) is 2. The van der Waals surface area contributed by atoms with Crippen LogP contribution in [0.15, 0.2) is 85.1 Å². The molecule has 1 heterocycles. The summed E-state index contributed by atoms with van der Waals surface area (Å²) in [6.45, 7) is 0.794. The van der Waals surface area contributed by atoms with Crippen molar-refractivity contribution in [3.8, 4) is 22.6 Å². The zero-order chi connectivity index (χ0) is 23.9. The molecule has 0 bridgehead atoms. The van der Waals surface area contributed by atoms with E-state index >= 15 is 0 Å². The van der Waals surface area contributed by atoms with E-state index in [1.165, 1.54) is 12.7 Å². The number of nitrogens with two attached hydrogens (primary N) is 1. The van der Waals surface area contributed by atoms with Crippen molar-refractivity contribution in [1.29, 1.82) is 5.41 Å². The molecular weight excluding hydrogens is 424 g/mol. The van der Waals surface area contributed by atoms with Crippen LogP contribution in [-0.4, -0.2) is 28.5 Å². The van der Waals surface area contributed by atoms with Crippen LogP contribution in [-0.2, 0) is 28.9 Å². The third-order valence-electron chi connectivity index (χ3n) is 5.81. The van der Waals surface area contributed by atoms with Gasteiger partial charge in [-0.25, -0.2) is 4.98 Å². The van der Waals surface area contributed by atoms with Crippen molar-refractivity contribution in [2.45, 2.75) is 25.8 Å². The minimum atomic E-state index is -0.207. The molecule has 0 aliphatic carbocycles. The Balaban J connectivity index is 1.62. The molecule has 0 saturated heterocycles. The molecule has 0 aliphatic rings. The molecule has 0 atom stereocenters. The summed E-state index contributed by atoms with van der Waals surface area (Å²) >= 11 is 0. The first kappa shape index (κ1) is 23.0. The van der Waals surface area contributed by atoms with E-state index in [4.69, 9.17) is 20.9 Å². The largest absolute Gasteiger partial charge is 0.469 e. The number of methoxy groups -OCH3 is 1. The zero-order valence-electron chi connectivity index (χ0n) is 19.2. The average Bonchev–Trinajstić information content (AvgIpc) is 3.31. The molecule has 3 N–H and O–H groups in total. The number of carbonyl (C=O) groups excluding carboxylic acids is 1. The first-order chi connectivity index (χ1) is 16.5. The number of hydrogen-bond acceptors (Lipinski definition) is 4. The monoisotopic (exact) mass is 452 g/mol. The van der Waals surface area contributed by atoms with Gasteiger partial charge in [-0.2, -0.15) is 0 Å². The lowest BCUT2D eigenvalue weighted by Gasteiger charge is -2.09. The number of nitrogens with one attached hydrogen (secondary N) is 1. The van der Waals surface area contributed by atoms with E-state index in [0.717, 1.165) is 41.2 Å². The van der Waals surface area contributed by atoms with Gasteiger partial charge >= 0.3 is 5.97 Å². The maximum absolute atomic E-state index is 11.4. The Morgan fingerprint density at radius 2 is 1.56 bits per heavy atom. The molecule has 0 unspecified atom stereocenters. The number of hydrogen-bond donors (Lipinski definition) is 2. The number of nitrogen functional groups attached to an aromatic ring is 1. The highest BCUT2D eigenvalue weighted by Gasteiger charge is 2.13. The molecule has 0 amide bonds. The lowest BCUT2D eigenvalue weighted by atomic mass is 10.1. The van der Waals surface area contributed by atoms with E-state index in [0.29, 0.717) is 18.4 Å². The smallest absolute Gasteiger partial charge is 0.305 e. The van der Waals surface area contributed by atoms with Crippen molar-refractivity contribution >= 4 is 11.8 Å². The number of esters is 1. The lowest BCUT2D eigenvalue weighted by Crippen LogP contribution is -2.10. The van der Waals surface area contributed by atoms with Gasteiger partial charge < -0.3 is 15.0 Å². The van der Waals surface area contributed by atoms with E-state index in [1.807, 2.05) is 42.5 Å². The predicted molar refractivity (Wildman–Crippen MR) is 135 cm³/mol. The van der Waals surface area contributed by atoms with Gasteiger partial charge in [0.1, 0.15) is 11.7 Å². The standard InChI is InChI=1S/C28H28N4O2/c1-34-26(33)16-9-21-7-10-24(11-8-21)28-31-25(22-12-14-23(15-13-22)27(29)30)19-32(28)18-17-20-5-3-2-4-6-20/h2-8,10-15,19H,9,16-18H2,1H3,(H3,29,30). The molecule has 1 aromatic heterocycles. The van der Waals surface area contributed by atoms with Gasteiger partial charge in [0.05, 0.1) is 12.8 Å². The van der Waals surface area contributed by atoms with Crippen LogP contribution in [0.1, 0.15) is 23.1 Å². The van der Waals surface area contributed by atoms with Gasteiger partial charge in [-0.05, 0) is 24.0 Å². The second-order valence-electron chi connectivity index (χ2n) is 8.14. The summed E-state index contributed by atoms with van der Waals surface area (Å²) in [5, 5.41) is 7.61. The van der Waals surface area contributed by atoms with Crippen LogP contribution in [0, 0.1) is 5.41 Å². The minimum absolute atomic E-state index is 0.0490. The summed E-state index contributed by atoms with van der Waals surface area (Å²) in [7, 11) is 1.41. The molecule has 4 aromatic rings. The Bertz CT molecular complexity index is 1260. The van der Waals surface area contributed by atoms with Crippen LogP contribution < -0.4 is 5.73 Å². The topological polar surface area (TPSA) is 94.0 Å². The van der Waals surface area contributed by atoms with Crippen LogP contribution in [0.3, 0.4) is 0 Å². The second-order valence-corrected chi connectivity index (χ2v) is 8.14. The fourth-order valence-electron chi connectivity index (χ4n) is 3.84. The summed E-state index contributed by atoms with van der Waals surface area (Å²) in [6.07, 6.45) is 3.97. The van der Waals surface area contributed by atoms with Crippen LogP contribution in [0.2, 0.25) is 0 Å². The Kier molecular flexibility index (Phi) is 7.18. The average molecular weight is 453 g/mol. The molecule has 0 spiro atoms. The Labute approximate surface area is 199 Å². The highest BCUT2D eigenvalue weighted by Crippen LogP contribution is 2.26. The van der Waals surface area contributed by atoms with Crippen molar-refractivity contribution in [3.05, 3.63) is 102 Å². The molecule has 4 rings (SSSR count). The maximum atomic E-state index is 11.4. The fourth-order valence-corrected chi connectivity index (χ4v) is 3.84. The quantitative estimate of drug-likeness (QED) is 0.216. The molecule has 172 valence electrons. The molecule has 6 heteroatoms. The van der Waals surface area contributed by atoms with Crippen LogP contribution >= 0.6 is 0 Å². The highest BCUT2D eigenvalue weighted by atomic mass is 16.5. The highest BCUT2D eigenvalue weighted by molar-refractivity contribution is 5.95. The van der Waals surface area contributed by atoms with Crippen molar-refractivity contribution in [3.63, 3.8) is 0 Å². The van der Waals surface area contributed by atoms with E-state index < -0.39 is 0 Å². The Morgan fingerprint density at radius 3 is 2.21 bits per heavy atom. The summed E-state index contributed by atoms with van der Waals surface area (Å²) < 4.78 is 6.92. The second kappa shape index (κ2) is 10.6. The van der Waals surface area contributed by atoms with Crippen LogP contribution in [0.5, 0.6) is 0 Å². The molecular formula is C28H28N4O2. The normalized spacial score (nSPS) is 10.7. The van der Waals surface area contributed by atoms with Crippen molar-refractivity contribution in [2.75, 3.05) is 7.11 Å². The maximum Gasteiger partial charge on any atom is 0.305 e. The molecule has 0 aliphatic heterocycles. The predicted octanol–water partition coefficient (Wildman–Crippen LogP) is 4.85. The number of aromatic nitrogens is 2. The summed E-state index contributed by atoms with van der Waals surface area (Å²) in [4.78, 5) is 16.4. The molecule has 34 heavy (non-hydrogen) atoms. The molecule has 0 radical (unpaired) electrons. The van der Waals surface area contributed by atoms with Crippen molar-refractivity contribution in [1.82, 2.24) is 9.55 Å². The minimum Gasteiger partial charge on any atom is -0.469 e. The van der Waals surface area contributed by atoms with Crippen molar-refractivity contribution in [2.24, 2.45) is 5.73 Å². The number of aryl methyl sites for hydroxylation is 3. The van der Waals surface area contributed by atoms with Gasteiger partial charge in [0.15, 0.2) is 0 Å². The molecule has 0 fully saturated rings. The molecule has 0 saturated carbocycles. The van der Waals surface area contributed by atoms with Crippen molar-refractivity contribution < 1.29 is 9.53 Å². The van der Waals surface area contributed by atoms with E-state index in [-0.39, 0.29) is 11.8 Å². The Morgan fingerprint density at radius 1 is 0.912 bits per heavy atom. The van der Waals surface area contributed by atoms with Gasteiger partial charge in [0.25, 0.3) is 0 Å². The van der Waals surface area contributed by atoms with E-state index in [1.54, 1.807) is 0 Å². The van der Waals surface area contributed by atoms with E-state index in [9.17, 15) is 4.79 Å². The number of imidazole rings is 1. The van der Waals surface area contributed by atoms with Gasteiger partial charge in [0.2, 0.25) is 0 Å².